The van der Waals surface area contributed by atoms with E-state index >= 15 is 0 Å². The lowest BCUT2D eigenvalue weighted by Gasteiger charge is -2.34. The Morgan fingerprint density at radius 2 is 2.00 bits per heavy atom. The standard InChI is InChI=1S/C13H26N2O3/c1-13(14-2,12(16)18-4)7-10-15-8-5-11(17-3)6-9-15/h11,14H,5-10H2,1-4H3. The van der Waals surface area contributed by atoms with E-state index in [9.17, 15) is 4.79 Å². The monoisotopic (exact) mass is 258 g/mol. The molecule has 0 saturated carbocycles. The molecule has 1 saturated heterocycles. The number of nitrogens with zero attached hydrogens (tertiary/aromatic N) is 1. The number of piperidine rings is 1. The highest BCUT2D eigenvalue weighted by molar-refractivity contribution is 5.80. The first kappa shape index (κ1) is 15.4. The van der Waals surface area contributed by atoms with Gasteiger partial charge in [0.2, 0.25) is 0 Å². The summed E-state index contributed by atoms with van der Waals surface area (Å²) in [5.41, 5.74) is -0.590. The van der Waals surface area contributed by atoms with Crippen molar-refractivity contribution in [1.29, 1.82) is 0 Å². The fourth-order valence-electron chi connectivity index (χ4n) is 2.30. The summed E-state index contributed by atoms with van der Waals surface area (Å²) in [5.74, 6) is -0.197. The van der Waals surface area contributed by atoms with Gasteiger partial charge in [-0.25, -0.2) is 0 Å². The number of esters is 1. The van der Waals surface area contributed by atoms with Crippen LogP contribution in [0.1, 0.15) is 26.2 Å². The van der Waals surface area contributed by atoms with Gasteiger partial charge >= 0.3 is 5.97 Å². The van der Waals surface area contributed by atoms with Gasteiger partial charge in [-0.3, -0.25) is 4.79 Å². The molecule has 5 nitrogen and oxygen atoms in total. The van der Waals surface area contributed by atoms with Crippen molar-refractivity contribution >= 4 is 5.97 Å². The molecule has 0 aliphatic carbocycles. The molecule has 106 valence electrons. The van der Waals surface area contributed by atoms with Crippen molar-refractivity contribution in [3.05, 3.63) is 0 Å². The zero-order valence-corrected chi connectivity index (χ0v) is 12.0. The fourth-order valence-corrected chi connectivity index (χ4v) is 2.30. The summed E-state index contributed by atoms with van der Waals surface area (Å²) in [4.78, 5) is 14.1. The molecule has 1 heterocycles. The fraction of sp³-hybridized carbons (Fsp3) is 0.923. The van der Waals surface area contributed by atoms with Crippen LogP contribution in [0.2, 0.25) is 0 Å². The number of methoxy groups -OCH3 is 2. The molecule has 1 aliphatic rings. The SMILES string of the molecule is CNC(C)(CCN1CCC(OC)CC1)C(=O)OC. The van der Waals surface area contributed by atoms with Crippen LogP contribution in [0, 0.1) is 0 Å². The highest BCUT2D eigenvalue weighted by atomic mass is 16.5. The molecule has 0 aromatic heterocycles. The maximum atomic E-state index is 11.7. The number of rotatable bonds is 6. The molecule has 1 atom stereocenters. The number of carbonyl (C=O) groups excluding carboxylic acids is 1. The third kappa shape index (κ3) is 3.93. The van der Waals surface area contributed by atoms with E-state index in [0.29, 0.717) is 6.10 Å². The molecule has 0 aromatic carbocycles. The largest absolute Gasteiger partial charge is 0.468 e. The van der Waals surface area contributed by atoms with Crippen LogP contribution in [0.5, 0.6) is 0 Å². The van der Waals surface area contributed by atoms with E-state index in [1.54, 1.807) is 14.2 Å². The van der Waals surface area contributed by atoms with E-state index in [0.717, 1.165) is 38.9 Å². The highest BCUT2D eigenvalue weighted by Gasteiger charge is 2.33. The minimum Gasteiger partial charge on any atom is -0.468 e. The van der Waals surface area contributed by atoms with Crippen molar-refractivity contribution in [2.24, 2.45) is 0 Å². The number of hydrogen-bond acceptors (Lipinski definition) is 5. The summed E-state index contributed by atoms with van der Waals surface area (Å²) < 4.78 is 10.2. The van der Waals surface area contributed by atoms with Gasteiger partial charge in [0.15, 0.2) is 0 Å². The first-order valence-corrected chi connectivity index (χ1v) is 6.58. The number of likely N-dealkylation sites (N-methyl/N-ethyl adjacent to an activating group) is 1. The first-order chi connectivity index (χ1) is 8.55. The highest BCUT2D eigenvalue weighted by Crippen LogP contribution is 2.17. The third-order valence-electron chi connectivity index (χ3n) is 3.98. The number of ether oxygens (including phenoxy) is 2. The molecule has 5 heteroatoms. The second kappa shape index (κ2) is 7.07. The summed E-state index contributed by atoms with van der Waals surface area (Å²) in [6.45, 7) is 4.88. The van der Waals surface area contributed by atoms with Crippen molar-refractivity contribution < 1.29 is 14.3 Å². The van der Waals surface area contributed by atoms with Gasteiger partial charge < -0.3 is 19.7 Å². The number of nitrogens with one attached hydrogen (secondary N) is 1. The molecule has 0 radical (unpaired) electrons. The summed E-state index contributed by atoms with van der Waals surface area (Å²) in [6, 6.07) is 0. The van der Waals surface area contributed by atoms with Crippen molar-refractivity contribution in [3.63, 3.8) is 0 Å². The maximum absolute atomic E-state index is 11.7. The summed E-state index contributed by atoms with van der Waals surface area (Å²) >= 11 is 0. The van der Waals surface area contributed by atoms with Gasteiger partial charge in [-0.15, -0.1) is 0 Å². The Kier molecular flexibility index (Phi) is 6.05. The van der Waals surface area contributed by atoms with Crippen LogP contribution in [-0.4, -0.2) is 63.4 Å². The Balaban J connectivity index is 2.38. The molecule has 0 aromatic rings. The molecule has 18 heavy (non-hydrogen) atoms. The van der Waals surface area contributed by atoms with E-state index < -0.39 is 5.54 Å². The maximum Gasteiger partial charge on any atom is 0.325 e. The van der Waals surface area contributed by atoms with Gasteiger partial charge in [0.05, 0.1) is 13.2 Å². The van der Waals surface area contributed by atoms with Gasteiger partial charge in [0.1, 0.15) is 5.54 Å². The van der Waals surface area contributed by atoms with Crippen LogP contribution in [-0.2, 0) is 14.3 Å². The minimum atomic E-state index is -0.590. The predicted octanol–water partition coefficient (Wildman–Crippen LogP) is 0.638. The molecule has 0 bridgehead atoms. The minimum absolute atomic E-state index is 0.197. The van der Waals surface area contributed by atoms with E-state index in [-0.39, 0.29) is 5.97 Å². The Hall–Kier alpha value is -0.650. The summed E-state index contributed by atoms with van der Waals surface area (Å²) in [7, 11) is 5.01. The first-order valence-electron chi connectivity index (χ1n) is 6.58. The lowest BCUT2D eigenvalue weighted by atomic mass is 9.97. The summed E-state index contributed by atoms with van der Waals surface area (Å²) in [6.07, 6.45) is 3.31. The zero-order chi connectivity index (χ0) is 13.6. The Morgan fingerprint density at radius 3 is 2.44 bits per heavy atom. The van der Waals surface area contributed by atoms with Crippen LogP contribution >= 0.6 is 0 Å². The normalized spacial score (nSPS) is 21.6. The van der Waals surface area contributed by atoms with Gasteiger partial charge in [-0.1, -0.05) is 0 Å². The average molecular weight is 258 g/mol. The lowest BCUT2D eigenvalue weighted by Crippen LogP contribution is -2.51. The van der Waals surface area contributed by atoms with E-state index in [1.165, 1.54) is 7.11 Å². The van der Waals surface area contributed by atoms with Crippen LogP contribution in [0.4, 0.5) is 0 Å². The van der Waals surface area contributed by atoms with E-state index in [2.05, 4.69) is 10.2 Å². The molecule has 1 rings (SSSR count). The predicted molar refractivity (Wildman–Crippen MR) is 70.6 cm³/mol. The van der Waals surface area contributed by atoms with Crippen molar-refractivity contribution in [2.75, 3.05) is 40.9 Å². The molecular weight excluding hydrogens is 232 g/mol. The molecule has 1 unspecified atom stereocenters. The Labute approximate surface area is 110 Å². The van der Waals surface area contributed by atoms with Gasteiger partial charge in [-0.05, 0) is 33.2 Å². The smallest absolute Gasteiger partial charge is 0.325 e. The molecular formula is C13H26N2O3. The van der Waals surface area contributed by atoms with Crippen molar-refractivity contribution in [2.45, 2.75) is 37.8 Å². The second-order valence-electron chi connectivity index (χ2n) is 5.10. The van der Waals surface area contributed by atoms with Gasteiger partial charge in [0, 0.05) is 26.7 Å². The average Bonchev–Trinajstić information content (AvgIpc) is 2.44. The third-order valence-corrected chi connectivity index (χ3v) is 3.98. The zero-order valence-electron chi connectivity index (χ0n) is 12.0. The lowest BCUT2D eigenvalue weighted by molar-refractivity contribution is -0.148. The topological polar surface area (TPSA) is 50.8 Å². The second-order valence-corrected chi connectivity index (χ2v) is 5.10. The molecule has 1 N–H and O–H groups in total. The van der Waals surface area contributed by atoms with Crippen LogP contribution in [0.25, 0.3) is 0 Å². The molecule has 1 fully saturated rings. The summed E-state index contributed by atoms with van der Waals surface area (Å²) in [5, 5.41) is 3.06. The van der Waals surface area contributed by atoms with Crippen LogP contribution in [0.15, 0.2) is 0 Å². The van der Waals surface area contributed by atoms with Gasteiger partial charge in [0.25, 0.3) is 0 Å². The molecule has 1 aliphatic heterocycles. The quantitative estimate of drug-likeness (QED) is 0.709. The van der Waals surface area contributed by atoms with E-state index in [1.807, 2.05) is 6.92 Å². The molecule has 0 amide bonds. The Morgan fingerprint density at radius 1 is 1.39 bits per heavy atom. The Bertz CT molecular complexity index is 265. The van der Waals surface area contributed by atoms with Crippen molar-refractivity contribution in [3.8, 4) is 0 Å². The number of carbonyl (C=O) groups is 1. The van der Waals surface area contributed by atoms with Crippen molar-refractivity contribution in [1.82, 2.24) is 10.2 Å². The molecule has 0 spiro atoms. The number of likely N-dealkylation sites (tertiary alicyclic amines) is 1. The number of hydrogen-bond donors (Lipinski definition) is 1. The van der Waals surface area contributed by atoms with Crippen LogP contribution < -0.4 is 5.32 Å². The van der Waals surface area contributed by atoms with Gasteiger partial charge in [-0.2, -0.15) is 0 Å². The van der Waals surface area contributed by atoms with E-state index in [4.69, 9.17) is 9.47 Å². The van der Waals surface area contributed by atoms with Crippen LogP contribution in [0.3, 0.4) is 0 Å².